The number of para-hydroxylation sites is 1. The highest BCUT2D eigenvalue weighted by Gasteiger charge is 2.47. The first-order valence-electron chi connectivity index (χ1n) is 5.22. The van der Waals surface area contributed by atoms with Crippen LogP contribution in [0.1, 0.15) is 12.0 Å². The van der Waals surface area contributed by atoms with Crippen molar-refractivity contribution in [1.82, 2.24) is 0 Å². The zero-order valence-corrected chi connectivity index (χ0v) is 9.37. The number of aliphatic hydroxyl groups is 1. The van der Waals surface area contributed by atoms with Crippen molar-refractivity contribution in [3.63, 3.8) is 0 Å². The fourth-order valence-electron chi connectivity index (χ4n) is 2.12. The van der Waals surface area contributed by atoms with Crippen molar-refractivity contribution in [2.24, 2.45) is 5.11 Å². The largest absolute Gasteiger partial charge is 0.375 e. The molecule has 0 bridgehead atoms. The van der Waals surface area contributed by atoms with Crippen LogP contribution < -0.4 is 4.90 Å². The van der Waals surface area contributed by atoms with E-state index in [1.54, 1.807) is 25.2 Å². The lowest BCUT2D eigenvalue weighted by Gasteiger charge is -2.20. The Labute approximate surface area is 98.1 Å². The van der Waals surface area contributed by atoms with Gasteiger partial charge in [-0.1, -0.05) is 23.3 Å². The lowest BCUT2D eigenvalue weighted by molar-refractivity contribution is -0.136. The second kappa shape index (κ2) is 4.08. The fraction of sp³-hybridized carbons (Fsp3) is 0.364. The van der Waals surface area contributed by atoms with Crippen molar-refractivity contribution in [3.05, 3.63) is 40.3 Å². The Balaban J connectivity index is 2.40. The van der Waals surface area contributed by atoms with Gasteiger partial charge in [-0.05, 0) is 18.0 Å². The molecule has 17 heavy (non-hydrogen) atoms. The van der Waals surface area contributed by atoms with Crippen LogP contribution in [0.2, 0.25) is 0 Å². The minimum absolute atomic E-state index is 0.0842. The molecule has 0 spiro atoms. The minimum Gasteiger partial charge on any atom is -0.375 e. The third-order valence-electron chi connectivity index (χ3n) is 3.01. The van der Waals surface area contributed by atoms with Crippen LogP contribution in [0, 0.1) is 0 Å². The number of carbonyl (C=O) groups excluding carboxylic acids is 1. The maximum atomic E-state index is 12.0. The summed E-state index contributed by atoms with van der Waals surface area (Å²) in [6, 6.07) is 7.07. The number of fused-ring (bicyclic) bond motifs is 1. The summed E-state index contributed by atoms with van der Waals surface area (Å²) in [7, 11) is 1.62. The lowest BCUT2D eigenvalue weighted by atomic mass is 9.92. The molecule has 1 aliphatic rings. The van der Waals surface area contributed by atoms with Crippen LogP contribution >= 0.6 is 0 Å². The van der Waals surface area contributed by atoms with Gasteiger partial charge in [-0.3, -0.25) is 4.79 Å². The molecule has 0 aliphatic carbocycles. The van der Waals surface area contributed by atoms with Crippen LogP contribution in [0.5, 0.6) is 0 Å². The summed E-state index contributed by atoms with van der Waals surface area (Å²) in [5, 5.41) is 13.8. The third-order valence-corrected chi connectivity index (χ3v) is 3.01. The molecule has 1 aromatic carbocycles. The van der Waals surface area contributed by atoms with Gasteiger partial charge in [-0.25, -0.2) is 0 Å². The highest BCUT2D eigenvalue weighted by Crippen LogP contribution is 2.41. The van der Waals surface area contributed by atoms with E-state index in [9.17, 15) is 9.90 Å². The maximum absolute atomic E-state index is 12.0. The predicted octanol–water partition coefficient (Wildman–Crippen LogP) is 1.55. The van der Waals surface area contributed by atoms with Crippen molar-refractivity contribution < 1.29 is 9.90 Å². The number of nitrogens with zero attached hydrogens (tertiary/aromatic N) is 4. The van der Waals surface area contributed by atoms with Crippen molar-refractivity contribution >= 4 is 11.6 Å². The summed E-state index contributed by atoms with van der Waals surface area (Å²) in [4.78, 5) is 16.1. The number of amides is 1. The number of hydrogen-bond donors (Lipinski definition) is 1. The molecule has 6 heteroatoms. The number of hydrogen-bond acceptors (Lipinski definition) is 3. The number of anilines is 1. The van der Waals surface area contributed by atoms with E-state index < -0.39 is 5.60 Å². The molecule has 1 amide bonds. The number of azide groups is 1. The third kappa shape index (κ3) is 1.63. The molecule has 0 radical (unpaired) electrons. The van der Waals surface area contributed by atoms with E-state index >= 15 is 0 Å². The van der Waals surface area contributed by atoms with Crippen LogP contribution in [-0.4, -0.2) is 24.6 Å². The SMILES string of the molecule is CN1C(=O)[C@@](O)(CCN=[N+]=[N-])c2ccccc21. The van der Waals surface area contributed by atoms with Gasteiger partial charge in [0.05, 0.1) is 5.69 Å². The van der Waals surface area contributed by atoms with E-state index in [4.69, 9.17) is 5.53 Å². The van der Waals surface area contributed by atoms with Gasteiger partial charge in [0.2, 0.25) is 0 Å². The Morgan fingerprint density at radius 1 is 1.53 bits per heavy atom. The molecule has 1 N–H and O–H groups in total. The molecule has 88 valence electrons. The summed E-state index contributed by atoms with van der Waals surface area (Å²) in [5.41, 5.74) is 7.91. The van der Waals surface area contributed by atoms with E-state index in [0.29, 0.717) is 11.3 Å². The van der Waals surface area contributed by atoms with E-state index in [2.05, 4.69) is 10.0 Å². The van der Waals surface area contributed by atoms with Crippen LogP contribution in [0.4, 0.5) is 5.69 Å². The van der Waals surface area contributed by atoms with Crippen molar-refractivity contribution in [2.45, 2.75) is 12.0 Å². The average molecular weight is 232 g/mol. The Kier molecular flexibility index (Phi) is 2.75. The van der Waals surface area contributed by atoms with Crippen LogP contribution in [0.25, 0.3) is 10.4 Å². The highest BCUT2D eigenvalue weighted by molar-refractivity contribution is 6.06. The van der Waals surface area contributed by atoms with Gasteiger partial charge in [-0.15, -0.1) is 0 Å². The summed E-state index contributed by atoms with van der Waals surface area (Å²) in [5.74, 6) is -0.383. The predicted molar refractivity (Wildman–Crippen MR) is 62.4 cm³/mol. The molecule has 2 rings (SSSR count). The molecule has 0 saturated carbocycles. The highest BCUT2D eigenvalue weighted by atomic mass is 16.3. The Bertz CT molecular complexity index is 510. The van der Waals surface area contributed by atoms with Gasteiger partial charge in [0.25, 0.3) is 5.91 Å². The normalized spacial score (nSPS) is 22.2. The van der Waals surface area contributed by atoms with Gasteiger partial charge < -0.3 is 10.0 Å². The summed E-state index contributed by atoms with van der Waals surface area (Å²) < 4.78 is 0. The van der Waals surface area contributed by atoms with Gasteiger partial charge >= 0.3 is 0 Å². The maximum Gasteiger partial charge on any atom is 0.263 e. The van der Waals surface area contributed by atoms with Crippen LogP contribution in [0.15, 0.2) is 29.4 Å². The second-order valence-electron chi connectivity index (χ2n) is 3.95. The van der Waals surface area contributed by atoms with Gasteiger partial charge in [0.15, 0.2) is 5.60 Å². The summed E-state index contributed by atoms with van der Waals surface area (Å²) >= 11 is 0. The average Bonchev–Trinajstić information content (AvgIpc) is 2.54. The van der Waals surface area contributed by atoms with Gasteiger partial charge in [0.1, 0.15) is 0 Å². The first kappa shape index (κ1) is 11.4. The summed E-state index contributed by atoms with van der Waals surface area (Å²) in [6.07, 6.45) is 0.0945. The standard InChI is InChI=1S/C11H12N4O2/c1-15-9-5-3-2-4-8(9)11(17,10(15)16)6-7-13-14-12/h2-5,17H,6-7H2,1H3/t11-/m1/s1. The van der Waals surface area contributed by atoms with E-state index in [1.165, 1.54) is 4.90 Å². The molecular weight excluding hydrogens is 220 g/mol. The van der Waals surface area contributed by atoms with E-state index in [1.807, 2.05) is 6.07 Å². The zero-order valence-electron chi connectivity index (χ0n) is 9.37. The number of rotatable bonds is 3. The fourth-order valence-corrected chi connectivity index (χ4v) is 2.12. The Morgan fingerprint density at radius 3 is 2.94 bits per heavy atom. The molecular formula is C11H12N4O2. The molecule has 0 fully saturated rings. The smallest absolute Gasteiger partial charge is 0.263 e. The van der Waals surface area contributed by atoms with Gasteiger partial charge in [-0.2, -0.15) is 0 Å². The zero-order chi connectivity index (χ0) is 12.5. The Morgan fingerprint density at radius 2 is 2.24 bits per heavy atom. The molecule has 1 aromatic rings. The van der Waals surface area contributed by atoms with E-state index in [-0.39, 0.29) is 18.9 Å². The molecule has 1 heterocycles. The quantitative estimate of drug-likeness (QED) is 0.486. The van der Waals surface area contributed by atoms with E-state index in [0.717, 1.165) is 0 Å². The number of likely N-dealkylation sites (N-methyl/N-ethyl adjacent to an activating group) is 1. The Hall–Kier alpha value is -2.04. The number of benzene rings is 1. The molecule has 6 nitrogen and oxygen atoms in total. The van der Waals surface area contributed by atoms with Crippen molar-refractivity contribution in [1.29, 1.82) is 0 Å². The first-order chi connectivity index (χ1) is 8.11. The van der Waals surface area contributed by atoms with Gasteiger partial charge in [0, 0.05) is 24.1 Å². The van der Waals surface area contributed by atoms with Crippen LogP contribution in [-0.2, 0) is 10.4 Å². The molecule has 1 aliphatic heterocycles. The molecule has 0 aromatic heterocycles. The monoisotopic (exact) mass is 232 g/mol. The molecule has 0 saturated heterocycles. The summed E-state index contributed by atoms with van der Waals surface area (Å²) in [6.45, 7) is 0.0842. The van der Waals surface area contributed by atoms with Crippen molar-refractivity contribution in [3.8, 4) is 0 Å². The lowest BCUT2D eigenvalue weighted by Crippen LogP contribution is -2.39. The van der Waals surface area contributed by atoms with Crippen molar-refractivity contribution in [2.75, 3.05) is 18.5 Å². The topological polar surface area (TPSA) is 89.3 Å². The second-order valence-corrected chi connectivity index (χ2v) is 3.95. The molecule has 1 atom stereocenters. The number of carbonyl (C=O) groups is 1. The first-order valence-corrected chi connectivity index (χ1v) is 5.22. The minimum atomic E-state index is -1.57. The van der Waals surface area contributed by atoms with Crippen LogP contribution in [0.3, 0.4) is 0 Å². The molecule has 0 unspecified atom stereocenters.